The molecule has 1 atom stereocenters. The van der Waals surface area contributed by atoms with E-state index in [0.717, 1.165) is 12.1 Å². The van der Waals surface area contributed by atoms with Crippen LogP contribution in [-0.4, -0.2) is 42.5 Å². The molecule has 2 aromatic carbocycles. The smallest absolute Gasteiger partial charge is 0.260 e. The van der Waals surface area contributed by atoms with Gasteiger partial charge in [-0.1, -0.05) is 30.3 Å². The number of carbonyl (C=O) groups excluding carboxylic acids is 2. The minimum atomic E-state index is -0.497. The largest absolute Gasteiger partial charge is 0.481 e. The molecule has 0 spiro atoms. The number of nitrogens with zero attached hydrogens (tertiary/aromatic N) is 2. The van der Waals surface area contributed by atoms with Gasteiger partial charge in [0.2, 0.25) is 5.91 Å². The highest BCUT2D eigenvalue weighted by molar-refractivity contribution is 5.99. The first kappa shape index (κ1) is 17.5. The van der Waals surface area contributed by atoms with Crippen molar-refractivity contribution < 1.29 is 18.7 Å². The van der Waals surface area contributed by atoms with Gasteiger partial charge in [0, 0.05) is 24.8 Å². The Morgan fingerprint density at radius 2 is 1.81 bits per heavy atom. The molecule has 0 aliphatic carbocycles. The molecule has 0 bridgehead atoms. The number of likely N-dealkylation sites (tertiary alicyclic amines) is 1. The van der Waals surface area contributed by atoms with Crippen LogP contribution in [0, 0.1) is 11.7 Å². The molecule has 140 valence electrons. The van der Waals surface area contributed by atoms with Gasteiger partial charge in [-0.2, -0.15) is 0 Å². The number of fused-ring (bicyclic) bond motifs is 1. The molecule has 1 fully saturated rings. The van der Waals surface area contributed by atoms with Gasteiger partial charge < -0.3 is 14.5 Å². The fourth-order valence-corrected chi connectivity index (χ4v) is 3.73. The van der Waals surface area contributed by atoms with Gasteiger partial charge in [0.05, 0.1) is 5.92 Å². The summed E-state index contributed by atoms with van der Waals surface area (Å²) in [5.41, 5.74) is 2.16. The van der Waals surface area contributed by atoms with Gasteiger partial charge >= 0.3 is 0 Å². The van der Waals surface area contributed by atoms with Crippen molar-refractivity contribution in [3.8, 4) is 5.75 Å². The number of hydrogen-bond donors (Lipinski definition) is 0. The Balaban J connectivity index is 1.32. The highest BCUT2D eigenvalue weighted by atomic mass is 19.1. The minimum Gasteiger partial charge on any atom is -0.481 e. The van der Waals surface area contributed by atoms with Gasteiger partial charge in [-0.3, -0.25) is 9.59 Å². The highest BCUT2D eigenvalue weighted by Crippen LogP contribution is 2.34. The van der Waals surface area contributed by atoms with Gasteiger partial charge in [-0.15, -0.1) is 0 Å². The maximum atomic E-state index is 13.5. The van der Waals surface area contributed by atoms with Crippen molar-refractivity contribution in [3.63, 3.8) is 0 Å². The Hall–Kier alpha value is -2.89. The number of amides is 2. The maximum absolute atomic E-state index is 13.5. The van der Waals surface area contributed by atoms with E-state index in [-0.39, 0.29) is 36.1 Å². The Kier molecular flexibility index (Phi) is 4.56. The summed E-state index contributed by atoms with van der Waals surface area (Å²) >= 11 is 0. The summed E-state index contributed by atoms with van der Waals surface area (Å²) in [6.45, 7) is 2.57. The van der Waals surface area contributed by atoms with Crippen molar-refractivity contribution in [1.82, 2.24) is 4.90 Å². The predicted octanol–water partition coefficient (Wildman–Crippen LogP) is 2.64. The third-order valence-corrected chi connectivity index (χ3v) is 5.22. The summed E-state index contributed by atoms with van der Waals surface area (Å²) in [6, 6.07) is 14.1. The van der Waals surface area contributed by atoms with Gasteiger partial charge in [0.1, 0.15) is 0 Å². The van der Waals surface area contributed by atoms with Crippen LogP contribution in [0.2, 0.25) is 0 Å². The zero-order valence-corrected chi connectivity index (χ0v) is 15.1. The van der Waals surface area contributed by atoms with Crippen LogP contribution in [-0.2, 0) is 16.0 Å². The van der Waals surface area contributed by atoms with Gasteiger partial charge in [-0.05, 0) is 37.1 Å². The second kappa shape index (κ2) is 7.02. The van der Waals surface area contributed by atoms with Crippen LogP contribution in [0.1, 0.15) is 12.5 Å². The Bertz CT molecular complexity index is 879. The average Bonchev–Trinajstić information content (AvgIpc) is 2.95. The molecule has 2 amide bonds. The molecule has 0 aromatic heterocycles. The molecule has 2 aliphatic heterocycles. The molecule has 27 heavy (non-hydrogen) atoms. The number of hydrogen-bond acceptors (Lipinski definition) is 3. The molecule has 0 N–H and O–H groups in total. The number of halogens is 1. The third-order valence-electron chi connectivity index (χ3n) is 5.22. The zero-order valence-electron chi connectivity index (χ0n) is 15.1. The second-order valence-electron chi connectivity index (χ2n) is 7.10. The van der Waals surface area contributed by atoms with E-state index in [1.54, 1.807) is 17.0 Å². The van der Waals surface area contributed by atoms with Crippen molar-refractivity contribution >= 4 is 17.5 Å². The van der Waals surface area contributed by atoms with Gasteiger partial charge in [0.25, 0.3) is 5.91 Å². The minimum absolute atomic E-state index is 0.0569. The van der Waals surface area contributed by atoms with E-state index in [0.29, 0.717) is 13.1 Å². The number of carbonyl (C=O) groups is 2. The van der Waals surface area contributed by atoms with Crippen LogP contribution < -0.4 is 9.64 Å². The van der Waals surface area contributed by atoms with Crippen LogP contribution in [0.5, 0.6) is 5.75 Å². The first-order valence-electron chi connectivity index (χ1n) is 9.10. The van der Waals surface area contributed by atoms with E-state index in [1.807, 2.05) is 30.0 Å². The van der Waals surface area contributed by atoms with Crippen molar-refractivity contribution in [3.05, 3.63) is 59.9 Å². The summed E-state index contributed by atoms with van der Waals surface area (Å²) in [6.07, 6.45) is 0.855. The monoisotopic (exact) mass is 368 g/mol. The number of para-hydroxylation sites is 2. The number of ether oxygens (including phenoxy) is 1. The van der Waals surface area contributed by atoms with E-state index in [1.165, 1.54) is 17.7 Å². The molecule has 0 radical (unpaired) electrons. The van der Waals surface area contributed by atoms with Crippen molar-refractivity contribution in [1.29, 1.82) is 0 Å². The SMILES string of the molecule is CC1Cc2ccccc2N1C(=O)C1CN(C(=O)COc2ccccc2F)C1. The predicted molar refractivity (Wildman–Crippen MR) is 99.1 cm³/mol. The lowest BCUT2D eigenvalue weighted by Gasteiger charge is -2.40. The van der Waals surface area contributed by atoms with Crippen LogP contribution >= 0.6 is 0 Å². The van der Waals surface area contributed by atoms with E-state index in [4.69, 9.17) is 4.74 Å². The summed E-state index contributed by atoms with van der Waals surface area (Å²) in [7, 11) is 0. The Morgan fingerprint density at radius 3 is 2.59 bits per heavy atom. The summed E-state index contributed by atoms with van der Waals surface area (Å²) in [5.74, 6) is -0.815. The van der Waals surface area contributed by atoms with Crippen molar-refractivity contribution in [2.24, 2.45) is 5.92 Å². The summed E-state index contributed by atoms with van der Waals surface area (Å²) < 4.78 is 18.8. The van der Waals surface area contributed by atoms with E-state index >= 15 is 0 Å². The fourth-order valence-electron chi connectivity index (χ4n) is 3.73. The molecule has 1 unspecified atom stereocenters. The van der Waals surface area contributed by atoms with Gasteiger partial charge in [-0.25, -0.2) is 4.39 Å². The lowest BCUT2D eigenvalue weighted by molar-refractivity contribution is -0.143. The van der Waals surface area contributed by atoms with Crippen LogP contribution in [0.25, 0.3) is 0 Å². The highest BCUT2D eigenvalue weighted by Gasteiger charge is 2.41. The average molecular weight is 368 g/mol. The quantitative estimate of drug-likeness (QED) is 0.834. The Labute approximate surface area is 157 Å². The van der Waals surface area contributed by atoms with E-state index in [2.05, 4.69) is 6.07 Å². The first-order valence-corrected chi connectivity index (χ1v) is 9.10. The topological polar surface area (TPSA) is 49.9 Å². The molecule has 6 heteroatoms. The molecule has 0 saturated carbocycles. The molecular formula is C21H21FN2O3. The molecule has 5 nitrogen and oxygen atoms in total. The van der Waals surface area contributed by atoms with Crippen LogP contribution in [0.15, 0.2) is 48.5 Å². The third kappa shape index (κ3) is 3.27. The normalized spacial score (nSPS) is 18.8. The van der Waals surface area contributed by atoms with E-state index < -0.39 is 5.82 Å². The van der Waals surface area contributed by atoms with Gasteiger partial charge in [0.15, 0.2) is 18.2 Å². The second-order valence-corrected chi connectivity index (χ2v) is 7.10. The molecule has 2 heterocycles. The molecular weight excluding hydrogens is 347 g/mol. The standard InChI is InChI=1S/C21H21FN2O3/c1-14-10-15-6-2-4-8-18(15)24(14)21(26)16-11-23(12-16)20(25)13-27-19-9-5-3-7-17(19)22/h2-9,14,16H,10-13H2,1H3. The van der Waals surface area contributed by atoms with E-state index in [9.17, 15) is 14.0 Å². The fraction of sp³-hybridized carbons (Fsp3) is 0.333. The van der Waals surface area contributed by atoms with Crippen molar-refractivity contribution in [2.75, 3.05) is 24.6 Å². The lowest BCUT2D eigenvalue weighted by atomic mass is 9.97. The molecule has 4 rings (SSSR count). The van der Waals surface area contributed by atoms with Crippen molar-refractivity contribution in [2.45, 2.75) is 19.4 Å². The number of benzene rings is 2. The maximum Gasteiger partial charge on any atom is 0.260 e. The number of rotatable bonds is 4. The van der Waals surface area contributed by atoms with Crippen LogP contribution in [0.4, 0.5) is 10.1 Å². The lowest BCUT2D eigenvalue weighted by Crippen LogP contribution is -2.58. The summed E-state index contributed by atoms with van der Waals surface area (Å²) in [4.78, 5) is 28.6. The molecule has 2 aliphatic rings. The molecule has 1 saturated heterocycles. The van der Waals surface area contributed by atoms with Crippen LogP contribution in [0.3, 0.4) is 0 Å². The zero-order chi connectivity index (χ0) is 19.0. The Morgan fingerprint density at radius 1 is 1.11 bits per heavy atom. The number of anilines is 1. The summed E-state index contributed by atoms with van der Waals surface area (Å²) in [5, 5.41) is 0. The molecule has 2 aromatic rings. The first-order chi connectivity index (χ1) is 13.0.